The van der Waals surface area contributed by atoms with Crippen LogP contribution in [0.1, 0.15) is 28.5 Å². The third kappa shape index (κ3) is 4.54. The van der Waals surface area contributed by atoms with Crippen LogP contribution in [0.2, 0.25) is 5.02 Å². The van der Waals surface area contributed by atoms with Gasteiger partial charge in [0.2, 0.25) is 11.6 Å². The van der Waals surface area contributed by atoms with E-state index in [-0.39, 0.29) is 37.1 Å². The Bertz CT molecular complexity index is 1110. The first-order valence-corrected chi connectivity index (χ1v) is 10.4. The number of nitrogens with one attached hydrogen (secondary N) is 1. The molecule has 2 heterocycles. The van der Waals surface area contributed by atoms with Crippen LogP contribution in [0.25, 0.3) is 0 Å². The van der Waals surface area contributed by atoms with Gasteiger partial charge in [0.1, 0.15) is 0 Å². The molecule has 1 amide bonds. The molecule has 0 spiro atoms. The number of nitrogens with zero attached hydrogens (tertiary/aromatic N) is 4. The molecule has 3 aromatic rings. The van der Waals surface area contributed by atoms with Crippen molar-refractivity contribution < 1.29 is 14.3 Å². The molecule has 31 heavy (non-hydrogen) atoms. The van der Waals surface area contributed by atoms with Gasteiger partial charge in [0, 0.05) is 17.3 Å². The molecule has 1 aliphatic rings. The number of halogens is 1. The van der Waals surface area contributed by atoms with Crippen LogP contribution in [-0.4, -0.2) is 46.6 Å². The van der Waals surface area contributed by atoms with Gasteiger partial charge in [-0.05, 0) is 36.6 Å². The van der Waals surface area contributed by atoms with Crippen LogP contribution in [0.15, 0.2) is 48.5 Å². The van der Waals surface area contributed by atoms with Gasteiger partial charge < -0.3 is 15.0 Å². The van der Waals surface area contributed by atoms with Crippen LogP contribution in [0.5, 0.6) is 0 Å². The van der Waals surface area contributed by atoms with E-state index in [2.05, 4.69) is 21.7 Å². The highest BCUT2D eigenvalue weighted by atomic mass is 35.5. The minimum Gasteiger partial charge on any atom is -0.461 e. The van der Waals surface area contributed by atoms with Gasteiger partial charge in [0.15, 0.2) is 5.82 Å². The largest absolute Gasteiger partial charge is 0.461 e. The lowest BCUT2D eigenvalue weighted by molar-refractivity contribution is -0.115. The van der Waals surface area contributed by atoms with Crippen molar-refractivity contribution >= 4 is 35.0 Å². The molecule has 8 nitrogen and oxygen atoms in total. The Morgan fingerprint density at radius 1 is 1.16 bits per heavy atom. The molecule has 0 radical (unpaired) electrons. The number of esters is 1. The molecule has 0 atom stereocenters. The molecule has 0 aliphatic carbocycles. The lowest BCUT2D eigenvalue weighted by Crippen LogP contribution is -2.33. The van der Waals surface area contributed by atoms with Gasteiger partial charge in [-0.1, -0.05) is 53.2 Å². The number of anilines is 2. The van der Waals surface area contributed by atoms with Crippen molar-refractivity contribution in [3.05, 3.63) is 70.4 Å². The second-order valence-electron chi connectivity index (χ2n) is 7.10. The van der Waals surface area contributed by atoms with Crippen molar-refractivity contribution in [3.8, 4) is 0 Å². The fourth-order valence-corrected chi connectivity index (χ4v) is 3.78. The molecular formula is C22H22ClN5O3. The Labute approximate surface area is 184 Å². The number of amides is 1. The summed E-state index contributed by atoms with van der Waals surface area (Å²) >= 11 is 6.27. The molecule has 160 valence electrons. The number of rotatable bonds is 7. The molecule has 1 aliphatic heterocycles. The third-order valence-electron chi connectivity index (χ3n) is 5.06. The maximum absolute atomic E-state index is 12.9. The first kappa shape index (κ1) is 20.9. The van der Waals surface area contributed by atoms with E-state index in [1.54, 1.807) is 13.0 Å². The standard InChI is InChI=1S/C22H22ClN5O3/c1-2-31-22(30)20-21(28(26-25-20)13-16-8-3-5-9-17(16)23)24-19(29)14-27-12-11-15-7-4-6-10-18(15)27/h3-10H,2,11-14H2,1H3,(H,24,29). The lowest BCUT2D eigenvalue weighted by Gasteiger charge is -2.19. The lowest BCUT2D eigenvalue weighted by atomic mass is 10.2. The van der Waals surface area contributed by atoms with E-state index in [1.165, 1.54) is 10.2 Å². The van der Waals surface area contributed by atoms with Gasteiger partial charge in [0.05, 0.1) is 19.7 Å². The molecule has 2 aromatic carbocycles. The molecular weight excluding hydrogens is 418 g/mol. The third-order valence-corrected chi connectivity index (χ3v) is 5.43. The number of benzene rings is 2. The smallest absolute Gasteiger partial charge is 0.362 e. The summed E-state index contributed by atoms with van der Waals surface area (Å²) in [4.78, 5) is 27.3. The van der Waals surface area contributed by atoms with Crippen LogP contribution in [0.3, 0.4) is 0 Å². The van der Waals surface area contributed by atoms with E-state index in [9.17, 15) is 9.59 Å². The Kier molecular flexibility index (Phi) is 6.18. The fraction of sp³-hybridized carbons (Fsp3) is 0.273. The molecule has 0 unspecified atom stereocenters. The molecule has 1 aromatic heterocycles. The molecule has 0 saturated carbocycles. The minimum atomic E-state index is -0.644. The van der Waals surface area contributed by atoms with E-state index in [0.29, 0.717) is 5.02 Å². The second-order valence-corrected chi connectivity index (χ2v) is 7.51. The number of fused-ring (bicyclic) bond motifs is 1. The summed E-state index contributed by atoms with van der Waals surface area (Å²) in [5.41, 5.74) is 3.01. The summed E-state index contributed by atoms with van der Waals surface area (Å²) in [6.07, 6.45) is 0.892. The van der Waals surface area contributed by atoms with Gasteiger partial charge in [-0.25, -0.2) is 9.48 Å². The summed E-state index contributed by atoms with van der Waals surface area (Å²) in [7, 11) is 0. The van der Waals surface area contributed by atoms with Crippen LogP contribution in [0.4, 0.5) is 11.5 Å². The highest BCUT2D eigenvalue weighted by Gasteiger charge is 2.25. The van der Waals surface area contributed by atoms with Crippen molar-refractivity contribution in [1.82, 2.24) is 15.0 Å². The zero-order chi connectivity index (χ0) is 21.8. The highest BCUT2D eigenvalue weighted by molar-refractivity contribution is 6.31. The minimum absolute atomic E-state index is 0.0379. The molecule has 0 bridgehead atoms. The number of carbonyl (C=O) groups is 2. The topological polar surface area (TPSA) is 89.3 Å². The van der Waals surface area contributed by atoms with E-state index in [4.69, 9.17) is 16.3 Å². The molecule has 0 fully saturated rings. The monoisotopic (exact) mass is 439 g/mol. The van der Waals surface area contributed by atoms with Crippen LogP contribution in [-0.2, 0) is 22.5 Å². The predicted molar refractivity (Wildman–Crippen MR) is 118 cm³/mol. The van der Waals surface area contributed by atoms with Crippen molar-refractivity contribution in [1.29, 1.82) is 0 Å². The van der Waals surface area contributed by atoms with Crippen molar-refractivity contribution in [2.24, 2.45) is 0 Å². The zero-order valence-corrected chi connectivity index (χ0v) is 17.8. The zero-order valence-electron chi connectivity index (χ0n) is 17.0. The van der Waals surface area contributed by atoms with Gasteiger partial charge in [-0.2, -0.15) is 0 Å². The van der Waals surface area contributed by atoms with Crippen LogP contribution >= 0.6 is 11.6 Å². The van der Waals surface area contributed by atoms with Crippen molar-refractivity contribution in [2.75, 3.05) is 29.9 Å². The number of hydrogen-bond donors (Lipinski definition) is 1. The van der Waals surface area contributed by atoms with E-state index < -0.39 is 5.97 Å². The number of ether oxygens (including phenoxy) is 1. The van der Waals surface area contributed by atoms with Gasteiger partial charge in [-0.15, -0.1) is 5.10 Å². The number of aromatic nitrogens is 3. The Morgan fingerprint density at radius 3 is 2.74 bits per heavy atom. The summed E-state index contributed by atoms with van der Waals surface area (Å²) in [6.45, 7) is 3.04. The SMILES string of the molecule is CCOC(=O)c1nnn(Cc2ccccc2Cl)c1NC(=O)CN1CCc2ccccc21. The van der Waals surface area contributed by atoms with Crippen molar-refractivity contribution in [2.45, 2.75) is 19.9 Å². The quantitative estimate of drug-likeness (QED) is 0.569. The maximum atomic E-state index is 12.9. The normalized spacial score (nSPS) is 12.5. The second kappa shape index (κ2) is 9.18. The number of hydrogen-bond acceptors (Lipinski definition) is 6. The van der Waals surface area contributed by atoms with E-state index >= 15 is 0 Å². The molecule has 9 heteroatoms. The maximum Gasteiger partial charge on any atom is 0.362 e. The Balaban J connectivity index is 1.56. The summed E-state index contributed by atoms with van der Waals surface area (Å²) in [6, 6.07) is 15.3. The predicted octanol–water partition coefficient (Wildman–Crippen LogP) is 3.16. The van der Waals surface area contributed by atoms with Crippen molar-refractivity contribution in [3.63, 3.8) is 0 Å². The molecule has 4 rings (SSSR count). The summed E-state index contributed by atoms with van der Waals surface area (Å²) in [5.74, 6) is -0.726. The molecule has 1 N–H and O–H groups in total. The Hall–Kier alpha value is -3.39. The first-order chi connectivity index (χ1) is 15.1. The Morgan fingerprint density at radius 2 is 1.94 bits per heavy atom. The average Bonchev–Trinajstić information content (AvgIpc) is 3.34. The van der Waals surface area contributed by atoms with Crippen LogP contribution < -0.4 is 10.2 Å². The number of carbonyl (C=O) groups excluding carboxylic acids is 2. The highest BCUT2D eigenvalue weighted by Crippen LogP contribution is 2.27. The van der Waals surface area contributed by atoms with Crippen LogP contribution in [0, 0.1) is 0 Å². The summed E-state index contributed by atoms with van der Waals surface area (Å²) in [5, 5.41) is 11.4. The fourth-order valence-electron chi connectivity index (χ4n) is 3.59. The molecule has 0 saturated heterocycles. The van der Waals surface area contributed by atoms with E-state index in [0.717, 1.165) is 24.2 Å². The average molecular weight is 440 g/mol. The van der Waals surface area contributed by atoms with Gasteiger partial charge in [-0.3, -0.25) is 4.79 Å². The van der Waals surface area contributed by atoms with Gasteiger partial charge >= 0.3 is 5.97 Å². The number of para-hydroxylation sites is 1. The summed E-state index contributed by atoms with van der Waals surface area (Å²) < 4.78 is 6.52. The first-order valence-electron chi connectivity index (χ1n) is 10.0. The van der Waals surface area contributed by atoms with E-state index in [1.807, 2.05) is 41.3 Å². The van der Waals surface area contributed by atoms with Gasteiger partial charge in [0.25, 0.3) is 0 Å².